The fourth-order valence-electron chi connectivity index (χ4n) is 2.00. The van der Waals surface area contributed by atoms with E-state index in [1.54, 1.807) is 12.0 Å². The number of hydrogen-bond donors (Lipinski definition) is 0. The van der Waals surface area contributed by atoms with Crippen molar-refractivity contribution in [1.82, 2.24) is 4.90 Å². The molecule has 0 heterocycles. The molecule has 0 aliphatic rings. The second-order valence-corrected chi connectivity index (χ2v) is 5.82. The zero-order valence-electron chi connectivity index (χ0n) is 12.2. The van der Waals surface area contributed by atoms with Crippen molar-refractivity contribution in [1.29, 1.82) is 0 Å². The zero-order chi connectivity index (χ0) is 15.2. The van der Waals surface area contributed by atoms with Gasteiger partial charge in [-0.3, -0.25) is 4.79 Å². The molecule has 1 amide bonds. The molecule has 0 saturated heterocycles. The highest BCUT2D eigenvalue weighted by Crippen LogP contribution is 2.14. The fourth-order valence-corrected chi connectivity index (χ4v) is 2.27. The number of rotatable bonds is 5. The second-order valence-electron chi connectivity index (χ2n) is 4.90. The molecule has 2 aromatic carbocycles. The maximum Gasteiger partial charge on any atom is 0.227 e. The van der Waals surface area contributed by atoms with E-state index in [2.05, 4.69) is 15.9 Å². The van der Waals surface area contributed by atoms with Crippen LogP contribution in [-0.4, -0.2) is 25.0 Å². The van der Waals surface area contributed by atoms with Gasteiger partial charge in [0.25, 0.3) is 0 Å². The third-order valence-corrected chi connectivity index (χ3v) is 3.80. The average molecular weight is 348 g/mol. The predicted molar refractivity (Wildman–Crippen MR) is 87.3 cm³/mol. The summed E-state index contributed by atoms with van der Waals surface area (Å²) in [5.41, 5.74) is 2.10. The van der Waals surface area contributed by atoms with Gasteiger partial charge >= 0.3 is 0 Å². The minimum Gasteiger partial charge on any atom is -0.497 e. The van der Waals surface area contributed by atoms with Crippen LogP contribution < -0.4 is 4.74 Å². The highest BCUT2D eigenvalue weighted by molar-refractivity contribution is 9.10. The van der Waals surface area contributed by atoms with E-state index >= 15 is 0 Å². The number of benzene rings is 2. The van der Waals surface area contributed by atoms with Gasteiger partial charge in [0.1, 0.15) is 5.75 Å². The normalized spacial score (nSPS) is 10.2. The Morgan fingerprint density at radius 1 is 1.05 bits per heavy atom. The summed E-state index contributed by atoms with van der Waals surface area (Å²) < 4.78 is 6.15. The lowest BCUT2D eigenvalue weighted by Crippen LogP contribution is -2.27. The molecule has 0 aliphatic heterocycles. The summed E-state index contributed by atoms with van der Waals surface area (Å²) in [4.78, 5) is 14.0. The van der Waals surface area contributed by atoms with Crippen molar-refractivity contribution in [3.05, 3.63) is 64.1 Å². The lowest BCUT2D eigenvalue weighted by Gasteiger charge is -2.17. The minimum absolute atomic E-state index is 0.100. The van der Waals surface area contributed by atoms with E-state index in [0.29, 0.717) is 13.0 Å². The first-order chi connectivity index (χ1) is 10.1. The number of methoxy groups -OCH3 is 1. The zero-order valence-corrected chi connectivity index (χ0v) is 13.8. The Kier molecular flexibility index (Phi) is 5.39. The Hall–Kier alpha value is -1.81. The standard InChI is InChI=1S/C17H18BrNO2/c1-19(12-14-3-7-15(18)8-4-14)17(20)11-13-5-9-16(21-2)10-6-13/h3-10H,11-12H2,1-2H3. The molecule has 0 aliphatic carbocycles. The molecule has 3 nitrogen and oxygen atoms in total. The number of carbonyl (C=O) groups excluding carboxylic acids is 1. The van der Waals surface area contributed by atoms with Crippen LogP contribution in [0.2, 0.25) is 0 Å². The van der Waals surface area contributed by atoms with Gasteiger partial charge in [-0.05, 0) is 35.4 Å². The van der Waals surface area contributed by atoms with Crippen LogP contribution in [0.1, 0.15) is 11.1 Å². The van der Waals surface area contributed by atoms with Gasteiger partial charge in [-0.15, -0.1) is 0 Å². The largest absolute Gasteiger partial charge is 0.497 e. The number of nitrogens with zero attached hydrogens (tertiary/aromatic N) is 1. The summed E-state index contributed by atoms with van der Waals surface area (Å²) in [7, 11) is 3.46. The van der Waals surface area contributed by atoms with E-state index in [9.17, 15) is 4.79 Å². The molecular weight excluding hydrogens is 330 g/mol. The summed E-state index contributed by atoms with van der Waals surface area (Å²) in [6, 6.07) is 15.6. The molecule has 0 spiro atoms. The number of amides is 1. The van der Waals surface area contributed by atoms with E-state index in [4.69, 9.17) is 4.74 Å². The van der Waals surface area contributed by atoms with E-state index in [1.807, 2.05) is 55.6 Å². The van der Waals surface area contributed by atoms with Gasteiger partial charge in [-0.25, -0.2) is 0 Å². The molecule has 0 atom stereocenters. The van der Waals surface area contributed by atoms with Crippen LogP contribution in [0, 0.1) is 0 Å². The van der Waals surface area contributed by atoms with E-state index in [0.717, 1.165) is 21.3 Å². The highest BCUT2D eigenvalue weighted by Gasteiger charge is 2.10. The molecule has 2 rings (SSSR count). The Bertz CT molecular complexity index is 593. The molecular formula is C17H18BrNO2. The molecule has 2 aromatic rings. The molecule has 0 bridgehead atoms. The maximum absolute atomic E-state index is 12.2. The van der Waals surface area contributed by atoms with Crippen molar-refractivity contribution in [3.63, 3.8) is 0 Å². The van der Waals surface area contributed by atoms with Gasteiger partial charge in [0, 0.05) is 18.1 Å². The first kappa shape index (κ1) is 15.6. The van der Waals surface area contributed by atoms with Crippen molar-refractivity contribution in [2.24, 2.45) is 0 Å². The smallest absolute Gasteiger partial charge is 0.227 e. The van der Waals surface area contributed by atoms with E-state index in [-0.39, 0.29) is 5.91 Å². The molecule has 0 saturated carbocycles. The van der Waals surface area contributed by atoms with Gasteiger partial charge < -0.3 is 9.64 Å². The van der Waals surface area contributed by atoms with E-state index in [1.165, 1.54) is 0 Å². The third-order valence-electron chi connectivity index (χ3n) is 3.27. The first-order valence-corrected chi connectivity index (χ1v) is 7.49. The predicted octanol–water partition coefficient (Wildman–Crippen LogP) is 3.66. The van der Waals surface area contributed by atoms with Crippen molar-refractivity contribution < 1.29 is 9.53 Å². The van der Waals surface area contributed by atoms with E-state index < -0.39 is 0 Å². The maximum atomic E-state index is 12.2. The second kappa shape index (κ2) is 7.27. The van der Waals surface area contributed by atoms with Crippen LogP contribution in [0.4, 0.5) is 0 Å². The molecule has 4 heteroatoms. The first-order valence-electron chi connectivity index (χ1n) is 6.70. The Morgan fingerprint density at radius 2 is 1.62 bits per heavy atom. The number of likely N-dealkylation sites (N-methyl/N-ethyl adjacent to an activating group) is 1. The molecule has 0 radical (unpaired) electrons. The highest BCUT2D eigenvalue weighted by atomic mass is 79.9. The summed E-state index contributed by atoms with van der Waals surface area (Å²) in [5.74, 6) is 0.900. The van der Waals surface area contributed by atoms with Gasteiger partial charge in [-0.2, -0.15) is 0 Å². The lowest BCUT2D eigenvalue weighted by atomic mass is 10.1. The summed E-state index contributed by atoms with van der Waals surface area (Å²) in [5, 5.41) is 0. The summed E-state index contributed by atoms with van der Waals surface area (Å²) >= 11 is 3.41. The monoisotopic (exact) mass is 347 g/mol. The molecule has 0 unspecified atom stereocenters. The minimum atomic E-state index is 0.100. The SMILES string of the molecule is COc1ccc(CC(=O)N(C)Cc2ccc(Br)cc2)cc1. The van der Waals surface area contributed by atoms with Gasteiger partial charge in [0.15, 0.2) is 0 Å². The van der Waals surface area contributed by atoms with Crippen LogP contribution in [-0.2, 0) is 17.8 Å². The van der Waals surface area contributed by atoms with Crippen LogP contribution in [0.3, 0.4) is 0 Å². The molecule has 0 fully saturated rings. The Labute approximate surface area is 133 Å². The number of hydrogen-bond acceptors (Lipinski definition) is 2. The Balaban J connectivity index is 1.93. The molecule has 0 aromatic heterocycles. The van der Waals surface area contributed by atoms with Gasteiger partial charge in [0.2, 0.25) is 5.91 Å². The lowest BCUT2D eigenvalue weighted by molar-refractivity contribution is -0.129. The average Bonchev–Trinajstić information content (AvgIpc) is 2.50. The molecule has 110 valence electrons. The van der Waals surface area contributed by atoms with Gasteiger partial charge in [0.05, 0.1) is 13.5 Å². The molecule has 0 N–H and O–H groups in total. The van der Waals surface area contributed by atoms with Crippen LogP contribution in [0.15, 0.2) is 53.0 Å². The molecule has 21 heavy (non-hydrogen) atoms. The van der Waals surface area contributed by atoms with Crippen LogP contribution >= 0.6 is 15.9 Å². The van der Waals surface area contributed by atoms with Crippen LogP contribution in [0.25, 0.3) is 0 Å². The topological polar surface area (TPSA) is 29.5 Å². The van der Waals surface area contributed by atoms with Crippen LogP contribution in [0.5, 0.6) is 5.75 Å². The van der Waals surface area contributed by atoms with Gasteiger partial charge in [-0.1, -0.05) is 40.2 Å². The third kappa shape index (κ3) is 4.60. The van der Waals surface area contributed by atoms with Crippen molar-refractivity contribution in [2.45, 2.75) is 13.0 Å². The quantitative estimate of drug-likeness (QED) is 0.825. The number of carbonyl (C=O) groups is 1. The summed E-state index contributed by atoms with van der Waals surface area (Å²) in [6.45, 7) is 0.613. The number of halogens is 1. The van der Waals surface area contributed by atoms with Crippen molar-refractivity contribution in [2.75, 3.05) is 14.2 Å². The Morgan fingerprint density at radius 3 is 2.19 bits per heavy atom. The fraction of sp³-hybridized carbons (Fsp3) is 0.235. The number of ether oxygens (including phenoxy) is 1. The summed E-state index contributed by atoms with van der Waals surface area (Å²) in [6.07, 6.45) is 0.400. The van der Waals surface area contributed by atoms with Crippen molar-refractivity contribution >= 4 is 21.8 Å². The van der Waals surface area contributed by atoms with Crippen molar-refractivity contribution in [3.8, 4) is 5.75 Å².